The molecular weight excluding hydrogens is 264 g/mol. The zero-order valence-corrected chi connectivity index (χ0v) is 11.9. The fourth-order valence-corrected chi connectivity index (χ4v) is 3.85. The highest BCUT2D eigenvalue weighted by Gasteiger charge is 2.28. The molecule has 0 aliphatic heterocycles. The molecule has 0 unspecified atom stereocenters. The molecule has 0 spiro atoms. The van der Waals surface area contributed by atoms with Crippen LogP contribution in [0.5, 0.6) is 0 Å². The van der Waals surface area contributed by atoms with Gasteiger partial charge in [-0.25, -0.2) is 4.79 Å². The molecule has 1 aromatic heterocycles. The molecule has 1 aliphatic rings. The van der Waals surface area contributed by atoms with E-state index in [1.54, 1.807) is 0 Å². The molecule has 1 aliphatic carbocycles. The lowest BCUT2D eigenvalue weighted by Gasteiger charge is -2.20. The van der Waals surface area contributed by atoms with E-state index in [2.05, 4.69) is 17.0 Å². The largest absolute Gasteiger partial charge is 0.453 e. The third-order valence-electron chi connectivity index (χ3n) is 3.59. The Bertz CT molecular complexity index is 510. The third-order valence-corrected chi connectivity index (χ3v) is 4.76. The van der Waals surface area contributed by atoms with Crippen LogP contribution in [-0.4, -0.2) is 19.1 Å². The first-order valence-corrected chi connectivity index (χ1v) is 7.17. The first-order valence-electron chi connectivity index (χ1n) is 6.36. The van der Waals surface area contributed by atoms with Crippen LogP contribution in [-0.2, 0) is 17.6 Å². The third kappa shape index (κ3) is 2.73. The number of amides is 2. The lowest BCUT2D eigenvalue weighted by atomic mass is 9.85. The maximum atomic E-state index is 11.6. The quantitative estimate of drug-likeness (QED) is 0.893. The molecule has 0 saturated carbocycles. The second kappa shape index (κ2) is 5.61. The second-order valence-electron chi connectivity index (χ2n) is 4.71. The number of fused-ring (bicyclic) bond motifs is 1. The van der Waals surface area contributed by atoms with Crippen molar-refractivity contribution < 1.29 is 14.3 Å². The average molecular weight is 282 g/mol. The molecule has 5 nitrogen and oxygen atoms in total. The molecule has 3 N–H and O–H groups in total. The van der Waals surface area contributed by atoms with E-state index < -0.39 is 12.0 Å². The molecule has 19 heavy (non-hydrogen) atoms. The number of nitrogens with two attached hydrogens (primary N) is 1. The van der Waals surface area contributed by atoms with Gasteiger partial charge in [-0.3, -0.25) is 10.1 Å². The standard InChI is InChI=1S/C13H18N2O3S/c1-3-7-4-5-8-9(6-7)19-12(10(8)11(14)16)15-13(17)18-2/h7H,3-6H2,1-2H3,(H2,14,16)(H,15,17)/t7-/m1/s1. The van der Waals surface area contributed by atoms with Gasteiger partial charge >= 0.3 is 6.09 Å². The monoisotopic (exact) mass is 282 g/mol. The predicted octanol–water partition coefficient (Wildman–Crippen LogP) is 2.54. The SMILES string of the molecule is CC[C@@H]1CCc2c(sc(NC(=O)OC)c2C(N)=O)C1. The lowest BCUT2D eigenvalue weighted by molar-refractivity contribution is 0.1000. The van der Waals surface area contributed by atoms with Crippen molar-refractivity contribution in [2.45, 2.75) is 32.6 Å². The van der Waals surface area contributed by atoms with Gasteiger partial charge in [-0.05, 0) is 30.7 Å². The van der Waals surface area contributed by atoms with Crippen molar-refractivity contribution in [3.63, 3.8) is 0 Å². The highest BCUT2D eigenvalue weighted by atomic mass is 32.1. The van der Waals surface area contributed by atoms with Gasteiger partial charge in [0, 0.05) is 4.88 Å². The van der Waals surface area contributed by atoms with Gasteiger partial charge in [-0.15, -0.1) is 11.3 Å². The minimum Gasteiger partial charge on any atom is -0.453 e. The number of primary amides is 1. The van der Waals surface area contributed by atoms with Gasteiger partial charge in [0.25, 0.3) is 5.91 Å². The van der Waals surface area contributed by atoms with Crippen LogP contribution < -0.4 is 11.1 Å². The molecule has 2 amide bonds. The summed E-state index contributed by atoms with van der Waals surface area (Å²) in [7, 11) is 1.29. The zero-order valence-electron chi connectivity index (χ0n) is 11.1. The molecule has 104 valence electrons. The summed E-state index contributed by atoms with van der Waals surface area (Å²) in [5.74, 6) is 0.164. The highest BCUT2D eigenvalue weighted by molar-refractivity contribution is 7.17. The van der Waals surface area contributed by atoms with Crippen molar-refractivity contribution in [2.75, 3.05) is 12.4 Å². The van der Waals surface area contributed by atoms with Crippen LogP contribution in [0, 0.1) is 5.92 Å². The second-order valence-corrected chi connectivity index (χ2v) is 5.81. The molecule has 0 bridgehead atoms. The first kappa shape index (κ1) is 13.9. The summed E-state index contributed by atoms with van der Waals surface area (Å²) >= 11 is 1.44. The molecule has 0 saturated heterocycles. The number of thiophene rings is 1. The Kier molecular flexibility index (Phi) is 4.09. The van der Waals surface area contributed by atoms with E-state index in [-0.39, 0.29) is 0 Å². The average Bonchev–Trinajstić information content (AvgIpc) is 2.74. The van der Waals surface area contributed by atoms with Gasteiger partial charge in [0.2, 0.25) is 0 Å². The van der Waals surface area contributed by atoms with Gasteiger partial charge < -0.3 is 10.5 Å². The molecule has 0 aromatic carbocycles. The molecule has 2 rings (SSSR count). The smallest absolute Gasteiger partial charge is 0.411 e. The van der Waals surface area contributed by atoms with Gasteiger partial charge in [0.1, 0.15) is 5.00 Å². The Balaban J connectivity index is 2.36. The van der Waals surface area contributed by atoms with Crippen LogP contribution in [0.25, 0.3) is 0 Å². The van der Waals surface area contributed by atoms with Crippen molar-refractivity contribution in [3.8, 4) is 0 Å². The fourth-order valence-electron chi connectivity index (χ4n) is 2.50. The summed E-state index contributed by atoms with van der Waals surface area (Å²) in [5, 5.41) is 3.10. The van der Waals surface area contributed by atoms with Gasteiger partial charge in [-0.1, -0.05) is 13.3 Å². The van der Waals surface area contributed by atoms with Crippen LogP contribution in [0.15, 0.2) is 0 Å². The molecular formula is C13H18N2O3S. The predicted molar refractivity (Wildman–Crippen MR) is 74.7 cm³/mol. The molecule has 1 atom stereocenters. The molecule has 6 heteroatoms. The number of carbonyl (C=O) groups excluding carboxylic acids is 2. The molecule has 0 fully saturated rings. The number of ether oxygens (including phenoxy) is 1. The van der Waals surface area contributed by atoms with E-state index in [4.69, 9.17) is 5.73 Å². The van der Waals surface area contributed by atoms with E-state index in [1.165, 1.54) is 23.3 Å². The van der Waals surface area contributed by atoms with E-state index in [0.717, 1.165) is 31.2 Å². The summed E-state index contributed by atoms with van der Waals surface area (Å²) in [6.07, 6.45) is 3.43. The molecule has 1 aromatic rings. The fraction of sp³-hybridized carbons (Fsp3) is 0.538. The minimum absolute atomic E-state index is 0.458. The highest BCUT2D eigenvalue weighted by Crippen LogP contribution is 2.40. The van der Waals surface area contributed by atoms with Crippen LogP contribution in [0.4, 0.5) is 9.80 Å². The number of rotatable bonds is 3. The first-order chi connectivity index (χ1) is 9.06. The Hall–Kier alpha value is -1.56. The van der Waals surface area contributed by atoms with Crippen molar-refractivity contribution >= 4 is 28.3 Å². The number of carbonyl (C=O) groups is 2. The number of hydrogen-bond acceptors (Lipinski definition) is 4. The normalized spacial score (nSPS) is 17.7. The van der Waals surface area contributed by atoms with E-state index in [1.807, 2.05) is 0 Å². The van der Waals surface area contributed by atoms with Gasteiger partial charge in [-0.2, -0.15) is 0 Å². The number of hydrogen-bond donors (Lipinski definition) is 2. The van der Waals surface area contributed by atoms with Crippen LogP contribution in [0.3, 0.4) is 0 Å². The lowest BCUT2D eigenvalue weighted by Crippen LogP contribution is -2.19. The van der Waals surface area contributed by atoms with Gasteiger partial charge in [0.15, 0.2) is 0 Å². The van der Waals surface area contributed by atoms with Crippen molar-refractivity contribution in [3.05, 3.63) is 16.0 Å². The van der Waals surface area contributed by atoms with Gasteiger partial charge in [0.05, 0.1) is 12.7 Å². The van der Waals surface area contributed by atoms with Crippen LogP contribution >= 0.6 is 11.3 Å². The van der Waals surface area contributed by atoms with Crippen molar-refractivity contribution in [1.82, 2.24) is 0 Å². The Morgan fingerprint density at radius 3 is 2.84 bits per heavy atom. The molecule has 0 radical (unpaired) electrons. The van der Waals surface area contributed by atoms with Crippen LogP contribution in [0.1, 0.15) is 40.6 Å². The Morgan fingerprint density at radius 1 is 1.53 bits per heavy atom. The minimum atomic E-state index is -0.576. The topological polar surface area (TPSA) is 81.4 Å². The van der Waals surface area contributed by atoms with Crippen molar-refractivity contribution in [2.24, 2.45) is 11.7 Å². The summed E-state index contributed by atoms with van der Waals surface area (Å²) < 4.78 is 4.57. The Labute approximate surface area is 116 Å². The van der Waals surface area contributed by atoms with E-state index in [0.29, 0.717) is 16.5 Å². The van der Waals surface area contributed by atoms with E-state index >= 15 is 0 Å². The summed E-state index contributed by atoms with van der Waals surface area (Å²) in [6.45, 7) is 2.17. The number of methoxy groups -OCH3 is 1. The zero-order chi connectivity index (χ0) is 14.0. The van der Waals surface area contributed by atoms with E-state index in [9.17, 15) is 9.59 Å². The summed E-state index contributed by atoms with van der Waals surface area (Å²) in [4.78, 5) is 24.1. The van der Waals surface area contributed by atoms with Crippen molar-refractivity contribution in [1.29, 1.82) is 0 Å². The Morgan fingerprint density at radius 2 is 2.26 bits per heavy atom. The maximum Gasteiger partial charge on any atom is 0.411 e. The summed E-state index contributed by atoms with van der Waals surface area (Å²) in [6, 6.07) is 0. The summed E-state index contributed by atoms with van der Waals surface area (Å²) in [5.41, 5.74) is 6.91. The molecule has 1 heterocycles. The maximum absolute atomic E-state index is 11.6. The number of anilines is 1. The number of nitrogens with one attached hydrogen (secondary N) is 1. The van der Waals surface area contributed by atoms with Crippen LogP contribution in [0.2, 0.25) is 0 Å².